The second-order valence-electron chi connectivity index (χ2n) is 6.90. The maximum Gasteiger partial charge on any atom is 0.245 e. The molecule has 25 heavy (non-hydrogen) atoms. The van der Waals surface area contributed by atoms with Gasteiger partial charge in [-0.15, -0.1) is 0 Å². The van der Waals surface area contributed by atoms with Crippen LogP contribution in [0.3, 0.4) is 0 Å². The summed E-state index contributed by atoms with van der Waals surface area (Å²) in [5.41, 5.74) is 0.493. The Kier molecular flexibility index (Phi) is 5.21. The SMILES string of the molecule is CC1(C)COC(Cc2ccccc2)CN1S(=O)(=O)c1ccccc1Cl. The van der Waals surface area contributed by atoms with Crippen molar-refractivity contribution in [3.05, 3.63) is 65.2 Å². The molecule has 1 aliphatic heterocycles. The van der Waals surface area contributed by atoms with E-state index in [9.17, 15) is 8.42 Å². The van der Waals surface area contributed by atoms with Crippen LogP contribution in [-0.2, 0) is 21.2 Å². The molecule has 0 N–H and O–H groups in total. The molecule has 0 saturated carbocycles. The largest absolute Gasteiger partial charge is 0.375 e. The van der Waals surface area contributed by atoms with Crippen molar-refractivity contribution >= 4 is 21.6 Å². The Bertz CT molecular complexity index is 837. The maximum absolute atomic E-state index is 13.2. The molecule has 1 unspecified atom stereocenters. The number of sulfonamides is 1. The van der Waals surface area contributed by atoms with Gasteiger partial charge in [-0.1, -0.05) is 54.1 Å². The molecule has 134 valence electrons. The Hall–Kier alpha value is -1.40. The van der Waals surface area contributed by atoms with Crippen LogP contribution in [0.4, 0.5) is 0 Å². The highest BCUT2D eigenvalue weighted by molar-refractivity contribution is 7.89. The Morgan fingerprint density at radius 1 is 1.12 bits per heavy atom. The molecule has 0 aliphatic carbocycles. The molecule has 1 heterocycles. The first kappa shape index (κ1) is 18.4. The van der Waals surface area contributed by atoms with Gasteiger partial charge in [-0.2, -0.15) is 4.31 Å². The zero-order chi connectivity index (χ0) is 18.1. The molecule has 2 aromatic rings. The third-order valence-corrected chi connectivity index (χ3v) is 7.00. The molecule has 1 saturated heterocycles. The van der Waals surface area contributed by atoms with Crippen molar-refractivity contribution in [3.63, 3.8) is 0 Å². The van der Waals surface area contributed by atoms with Crippen molar-refractivity contribution in [1.29, 1.82) is 0 Å². The molecular weight excluding hydrogens is 358 g/mol. The molecule has 0 aromatic heterocycles. The highest BCUT2D eigenvalue weighted by Gasteiger charge is 2.43. The van der Waals surface area contributed by atoms with E-state index in [1.807, 2.05) is 44.2 Å². The van der Waals surface area contributed by atoms with Gasteiger partial charge in [0.1, 0.15) is 4.90 Å². The standard InChI is InChI=1S/C19H22ClNO3S/c1-19(2)14-24-16(12-15-8-4-3-5-9-15)13-21(19)25(22,23)18-11-7-6-10-17(18)20/h3-11,16H,12-14H2,1-2H3. The van der Waals surface area contributed by atoms with Crippen molar-refractivity contribution in [2.75, 3.05) is 13.2 Å². The van der Waals surface area contributed by atoms with Gasteiger partial charge in [0.2, 0.25) is 10.0 Å². The van der Waals surface area contributed by atoms with E-state index in [1.165, 1.54) is 4.31 Å². The summed E-state index contributed by atoms with van der Waals surface area (Å²) in [6.07, 6.45) is 0.485. The van der Waals surface area contributed by atoms with Crippen LogP contribution in [0.15, 0.2) is 59.5 Å². The van der Waals surface area contributed by atoms with E-state index in [2.05, 4.69) is 0 Å². The highest BCUT2D eigenvalue weighted by atomic mass is 35.5. The average Bonchev–Trinajstić information content (AvgIpc) is 2.57. The van der Waals surface area contributed by atoms with Crippen molar-refractivity contribution in [3.8, 4) is 0 Å². The van der Waals surface area contributed by atoms with Gasteiger partial charge in [-0.05, 0) is 38.0 Å². The lowest BCUT2D eigenvalue weighted by molar-refractivity contribution is -0.0629. The predicted octanol–water partition coefficient (Wildman–Crippen LogP) is 3.75. The zero-order valence-electron chi connectivity index (χ0n) is 14.4. The van der Waals surface area contributed by atoms with Crippen molar-refractivity contribution in [2.45, 2.75) is 36.8 Å². The summed E-state index contributed by atoms with van der Waals surface area (Å²) in [5.74, 6) is 0. The summed E-state index contributed by atoms with van der Waals surface area (Å²) in [6.45, 7) is 4.39. The Morgan fingerprint density at radius 3 is 2.44 bits per heavy atom. The highest BCUT2D eigenvalue weighted by Crippen LogP contribution is 2.32. The maximum atomic E-state index is 13.2. The second kappa shape index (κ2) is 7.08. The van der Waals surface area contributed by atoms with Gasteiger partial charge >= 0.3 is 0 Å². The lowest BCUT2D eigenvalue weighted by Crippen LogP contribution is -2.58. The summed E-state index contributed by atoms with van der Waals surface area (Å²) < 4.78 is 33.9. The number of nitrogens with zero attached hydrogens (tertiary/aromatic N) is 1. The topological polar surface area (TPSA) is 46.6 Å². The van der Waals surface area contributed by atoms with Gasteiger partial charge in [-0.25, -0.2) is 8.42 Å². The minimum atomic E-state index is -3.70. The Morgan fingerprint density at radius 2 is 1.76 bits per heavy atom. The van der Waals surface area contributed by atoms with E-state index < -0.39 is 15.6 Å². The van der Waals surface area contributed by atoms with Crippen molar-refractivity contribution in [1.82, 2.24) is 4.31 Å². The molecule has 1 atom stereocenters. The van der Waals surface area contributed by atoms with Gasteiger partial charge in [-0.3, -0.25) is 0 Å². The van der Waals surface area contributed by atoms with Gasteiger partial charge in [0.25, 0.3) is 0 Å². The number of hydrogen-bond donors (Lipinski definition) is 0. The fourth-order valence-electron chi connectivity index (χ4n) is 3.08. The molecule has 6 heteroatoms. The van der Waals surface area contributed by atoms with Crippen LogP contribution in [-0.4, -0.2) is 37.5 Å². The van der Waals surface area contributed by atoms with Gasteiger partial charge in [0, 0.05) is 6.54 Å². The van der Waals surface area contributed by atoms with Crippen LogP contribution in [0.5, 0.6) is 0 Å². The molecule has 2 aromatic carbocycles. The smallest absolute Gasteiger partial charge is 0.245 e. The summed E-state index contributed by atoms with van der Waals surface area (Å²) in [4.78, 5) is 0.144. The minimum absolute atomic E-state index is 0.144. The molecule has 1 aliphatic rings. The van der Waals surface area contributed by atoms with E-state index >= 15 is 0 Å². The van der Waals surface area contributed by atoms with Gasteiger partial charge in [0.05, 0.1) is 23.3 Å². The van der Waals surface area contributed by atoms with Crippen LogP contribution in [0.1, 0.15) is 19.4 Å². The molecule has 3 rings (SSSR count). The molecule has 0 amide bonds. The number of hydrogen-bond acceptors (Lipinski definition) is 3. The van der Waals surface area contributed by atoms with Gasteiger partial charge in [0.15, 0.2) is 0 Å². The first-order chi connectivity index (χ1) is 11.8. The van der Waals surface area contributed by atoms with E-state index in [4.69, 9.17) is 16.3 Å². The van der Waals surface area contributed by atoms with E-state index in [1.54, 1.807) is 24.3 Å². The molecule has 4 nitrogen and oxygen atoms in total. The Labute approximate surface area is 154 Å². The van der Waals surface area contributed by atoms with Crippen molar-refractivity contribution < 1.29 is 13.2 Å². The monoisotopic (exact) mass is 379 g/mol. The summed E-state index contributed by atoms with van der Waals surface area (Å²) >= 11 is 6.15. The fourth-order valence-corrected chi connectivity index (χ4v) is 5.37. The third kappa shape index (κ3) is 3.90. The Balaban J connectivity index is 1.88. The zero-order valence-corrected chi connectivity index (χ0v) is 15.9. The van der Waals surface area contributed by atoms with Crippen molar-refractivity contribution in [2.24, 2.45) is 0 Å². The minimum Gasteiger partial charge on any atom is -0.375 e. The molecule has 0 radical (unpaired) electrons. The predicted molar refractivity (Wildman–Crippen MR) is 99.3 cm³/mol. The summed E-state index contributed by atoms with van der Waals surface area (Å²) in [5, 5.41) is 0.240. The van der Waals surface area contributed by atoms with Crippen LogP contribution >= 0.6 is 11.6 Å². The fraction of sp³-hybridized carbons (Fsp3) is 0.368. The molecule has 1 fully saturated rings. The van der Waals surface area contributed by atoms with E-state index in [0.29, 0.717) is 19.6 Å². The summed E-state index contributed by atoms with van der Waals surface area (Å²) in [6, 6.07) is 16.5. The first-order valence-electron chi connectivity index (χ1n) is 8.23. The number of benzene rings is 2. The van der Waals surface area contributed by atoms with Crippen LogP contribution in [0.25, 0.3) is 0 Å². The lowest BCUT2D eigenvalue weighted by atomic mass is 10.0. The van der Waals surface area contributed by atoms with Gasteiger partial charge < -0.3 is 4.74 Å². The average molecular weight is 380 g/mol. The lowest BCUT2D eigenvalue weighted by Gasteiger charge is -2.44. The van der Waals surface area contributed by atoms with E-state index in [-0.39, 0.29) is 16.0 Å². The number of rotatable bonds is 4. The number of halogens is 1. The number of ether oxygens (including phenoxy) is 1. The van der Waals surface area contributed by atoms with Crippen LogP contribution in [0.2, 0.25) is 5.02 Å². The molecule has 0 bridgehead atoms. The number of morpholine rings is 1. The molecule has 0 spiro atoms. The third-order valence-electron chi connectivity index (χ3n) is 4.43. The summed E-state index contributed by atoms with van der Waals surface area (Å²) in [7, 11) is -3.70. The van der Waals surface area contributed by atoms with Crippen LogP contribution in [0, 0.1) is 0 Å². The van der Waals surface area contributed by atoms with E-state index in [0.717, 1.165) is 5.56 Å². The van der Waals surface area contributed by atoms with Crippen LogP contribution < -0.4 is 0 Å². The second-order valence-corrected chi connectivity index (χ2v) is 9.14. The molecular formula is C19H22ClNO3S. The quantitative estimate of drug-likeness (QED) is 0.812. The first-order valence-corrected chi connectivity index (χ1v) is 10.1. The normalized spacial score (nSPS) is 21.2.